The maximum Gasteiger partial charge on any atom is -0.0170 e. The molecule has 0 spiro atoms. The summed E-state index contributed by atoms with van der Waals surface area (Å²) in [5, 5.41) is 0. The molecule has 0 aromatic heterocycles. The van der Waals surface area contributed by atoms with Crippen LogP contribution in [0.25, 0.3) is 0 Å². The summed E-state index contributed by atoms with van der Waals surface area (Å²) in [4.78, 5) is 0. The number of allylic oxidation sites excluding steroid dienone is 1. The molecule has 1 aliphatic rings. The van der Waals surface area contributed by atoms with Gasteiger partial charge in [-0.1, -0.05) is 88.3 Å². The van der Waals surface area contributed by atoms with Crippen LogP contribution in [0.3, 0.4) is 0 Å². The third kappa shape index (κ3) is 4.93. The standard InChI is InChI=1S/2C10H20/c1-8(2)10(6-7-10)9(3,4)5;1-8(9(2,3)4)10(5,6)7/h8H,6-7H2,1-5H3;1H2,2-7H3. The Morgan fingerprint density at radius 1 is 0.800 bits per heavy atom. The second-order valence-electron chi connectivity index (χ2n) is 10.0. The lowest BCUT2D eigenvalue weighted by Gasteiger charge is -2.34. The summed E-state index contributed by atoms with van der Waals surface area (Å²) >= 11 is 0. The molecule has 0 amide bonds. The maximum absolute atomic E-state index is 4.10. The molecule has 1 rings (SSSR count). The molecule has 20 heavy (non-hydrogen) atoms. The highest BCUT2D eigenvalue weighted by Crippen LogP contribution is 2.62. The molecule has 0 unspecified atom stereocenters. The molecule has 0 bridgehead atoms. The van der Waals surface area contributed by atoms with Crippen LogP contribution in [0.15, 0.2) is 12.2 Å². The molecule has 120 valence electrons. The van der Waals surface area contributed by atoms with E-state index in [0.717, 1.165) is 5.92 Å². The Labute approximate surface area is 129 Å². The summed E-state index contributed by atoms with van der Waals surface area (Å²) in [5.41, 5.74) is 3.03. The van der Waals surface area contributed by atoms with Crippen molar-refractivity contribution >= 4 is 0 Å². The minimum Gasteiger partial charge on any atom is -0.0988 e. The van der Waals surface area contributed by atoms with Gasteiger partial charge in [-0.05, 0) is 40.4 Å². The van der Waals surface area contributed by atoms with E-state index >= 15 is 0 Å². The maximum atomic E-state index is 4.10. The number of hydrogen-bond acceptors (Lipinski definition) is 0. The normalized spacial score (nSPS) is 18.4. The topological polar surface area (TPSA) is 0 Å². The Morgan fingerprint density at radius 2 is 1.10 bits per heavy atom. The van der Waals surface area contributed by atoms with E-state index in [0.29, 0.717) is 10.8 Å². The van der Waals surface area contributed by atoms with Gasteiger partial charge in [0.15, 0.2) is 0 Å². The van der Waals surface area contributed by atoms with Gasteiger partial charge in [-0.15, -0.1) is 0 Å². The average molecular weight is 281 g/mol. The predicted octanol–water partition coefficient (Wildman–Crippen LogP) is 7.10. The first kappa shape index (κ1) is 19.7. The molecule has 0 aliphatic heterocycles. The molecule has 0 aromatic carbocycles. The van der Waals surface area contributed by atoms with Gasteiger partial charge in [0.2, 0.25) is 0 Å². The van der Waals surface area contributed by atoms with Crippen molar-refractivity contribution in [2.24, 2.45) is 27.6 Å². The Morgan fingerprint density at radius 3 is 1.10 bits per heavy atom. The molecule has 0 atom stereocenters. The van der Waals surface area contributed by atoms with Gasteiger partial charge in [-0.2, -0.15) is 0 Å². The van der Waals surface area contributed by atoms with Crippen molar-refractivity contribution in [3.8, 4) is 0 Å². The van der Waals surface area contributed by atoms with Crippen LogP contribution in [-0.4, -0.2) is 0 Å². The average Bonchev–Trinajstić information content (AvgIpc) is 2.93. The third-order valence-corrected chi connectivity index (χ3v) is 5.20. The molecular weight excluding hydrogens is 240 g/mol. The smallest absolute Gasteiger partial charge is 0.0170 e. The van der Waals surface area contributed by atoms with Gasteiger partial charge >= 0.3 is 0 Å². The van der Waals surface area contributed by atoms with Crippen molar-refractivity contribution in [3.63, 3.8) is 0 Å². The fraction of sp³-hybridized carbons (Fsp3) is 0.900. The van der Waals surface area contributed by atoms with Gasteiger partial charge in [0, 0.05) is 0 Å². The quantitative estimate of drug-likeness (QED) is 0.449. The van der Waals surface area contributed by atoms with E-state index in [9.17, 15) is 0 Å². The molecule has 0 N–H and O–H groups in total. The summed E-state index contributed by atoms with van der Waals surface area (Å²) in [6.45, 7) is 29.2. The first-order chi connectivity index (χ1) is 8.56. The van der Waals surface area contributed by atoms with Crippen molar-refractivity contribution < 1.29 is 0 Å². The van der Waals surface area contributed by atoms with E-state index in [4.69, 9.17) is 0 Å². The summed E-state index contributed by atoms with van der Waals surface area (Å²) in [6.07, 6.45) is 2.91. The van der Waals surface area contributed by atoms with Gasteiger partial charge < -0.3 is 0 Å². The van der Waals surface area contributed by atoms with E-state index in [2.05, 4.69) is 82.7 Å². The molecule has 0 heterocycles. The summed E-state index contributed by atoms with van der Waals surface area (Å²) in [5.74, 6) is 0.868. The van der Waals surface area contributed by atoms with E-state index in [1.165, 1.54) is 18.4 Å². The zero-order chi connectivity index (χ0) is 16.6. The van der Waals surface area contributed by atoms with Crippen molar-refractivity contribution in [1.29, 1.82) is 0 Å². The van der Waals surface area contributed by atoms with Gasteiger partial charge in [0.1, 0.15) is 0 Å². The van der Waals surface area contributed by atoms with Crippen LogP contribution in [-0.2, 0) is 0 Å². The molecule has 1 aliphatic carbocycles. The highest BCUT2D eigenvalue weighted by Gasteiger charge is 2.53. The number of hydrogen-bond donors (Lipinski definition) is 0. The first-order valence-electron chi connectivity index (χ1n) is 8.25. The van der Waals surface area contributed by atoms with Crippen LogP contribution < -0.4 is 0 Å². The monoisotopic (exact) mass is 280 g/mol. The molecule has 1 fully saturated rings. The molecule has 0 nitrogen and oxygen atoms in total. The van der Waals surface area contributed by atoms with Crippen LogP contribution in [0.2, 0.25) is 0 Å². The summed E-state index contributed by atoms with van der Waals surface area (Å²) in [7, 11) is 0. The van der Waals surface area contributed by atoms with Crippen LogP contribution in [0, 0.1) is 27.6 Å². The zero-order valence-corrected chi connectivity index (χ0v) is 16.2. The van der Waals surface area contributed by atoms with Gasteiger partial charge in [-0.25, -0.2) is 0 Å². The molecule has 0 heteroatoms. The molecular formula is C20H40. The second kappa shape index (κ2) is 5.85. The fourth-order valence-electron chi connectivity index (χ4n) is 3.45. The Bertz CT molecular complexity index is 303. The second-order valence-corrected chi connectivity index (χ2v) is 10.0. The van der Waals surface area contributed by atoms with E-state index in [-0.39, 0.29) is 10.8 Å². The lowest BCUT2D eigenvalue weighted by Crippen LogP contribution is -2.26. The minimum atomic E-state index is 0.248. The zero-order valence-electron chi connectivity index (χ0n) is 16.2. The molecule has 0 aromatic rings. The van der Waals surface area contributed by atoms with E-state index < -0.39 is 0 Å². The van der Waals surface area contributed by atoms with Gasteiger partial charge in [0.25, 0.3) is 0 Å². The summed E-state index contributed by atoms with van der Waals surface area (Å²) in [6, 6.07) is 0. The van der Waals surface area contributed by atoms with Crippen molar-refractivity contribution in [3.05, 3.63) is 12.2 Å². The van der Waals surface area contributed by atoms with Crippen molar-refractivity contribution in [2.45, 2.75) is 89.0 Å². The highest BCUT2D eigenvalue weighted by atomic mass is 14.6. The molecule has 1 saturated carbocycles. The van der Waals surface area contributed by atoms with Crippen molar-refractivity contribution in [1.82, 2.24) is 0 Å². The highest BCUT2D eigenvalue weighted by molar-refractivity contribution is 5.13. The lowest BCUT2D eigenvalue weighted by molar-refractivity contribution is 0.150. The molecule has 0 saturated heterocycles. The fourth-order valence-corrected chi connectivity index (χ4v) is 3.45. The Kier molecular flexibility index (Phi) is 5.78. The van der Waals surface area contributed by atoms with Crippen LogP contribution in [0.4, 0.5) is 0 Å². The van der Waals surface area contributed by atoms with E-state index in [1.54, 1.807) is 0 Å². The first-order valence-corrected chi connectivity index (χ1v) is 8.25. The van der Waals surface area contributed by atoms with Gasteiger partial charge in [-0.3, -0.25) is 0 Å². The SMILES string of the molecule is C=C(C(C)(C)C)C(C)(C)C.CC(C)C1(C(C)(C)C)CC1. The largest absolute Gasteiger partial charge is 0.0988 e. The lowest BCUT2D eigenvalue weighted by atomic mass is 9.71. The van der Waals surface area contributed by atoms with Crippen LogP contribution in [0.1, 0.15) is 89.0 Å². The minimum absolute atomic E-state index is 0.248. The van der Waals surface area contributed by atoms with Gasteiger partial charge in [0.05, 0.1) is 0 Å². The van der Waals surface area contributed by atoms with Crippen LogP contribution in [0.5, 0.6) is 0 Å². The Balaban J connectivity index is 0.000000361. The molecule has 0 radical (unpaired) electrons. The number of rotatable bonds is 1. The summed E-state index contributed by atoms with van der Waals surface area (Å²) < 4.78 is 0. The Hall–Kier alpha value is -0.260. The van der Waals surface area contributed by atoms with Crippen LogP contribution >= 0.6 is 0 Å². The predicted molar refractivity (Wildman–Crippen MR) is 94.0 cm³/mol. The van der Waals surface area contributed by atoms with E-state index in [1.807, 2.05) is 0 Å². The van der Waals surface area contributed by atoms with Crippen molar-refractivity contribution in [2.75, 3.05) is 0 Å². The third-order valence-electron chi connectivity index (χ3n) is 5.20.